The van der Waals surface area contributed by atoms with E-state index in [1.165, 1.54) is 11.8 Å². The molecule has 6 nitrogen and oxygen atoms in total. The van der Waals surface area contributed by atoms with Gasteiger partial charge in [-0.25, -0.2) is 4.98 Å². The third kappa shape index (κ3) is 4.75. The minimum absolute atomic E-state index is 0.0883. The number of esters is 1. The van der Waals surface area contributed by atoms with Gasteiger partial charge < -0.3 is 9.64 Å². The average molecular weight is 383 g/mol. The topological polar surface area (TPSA) is 64.4 Å². The van der Waals surface area contributed by atoms with Crippen LogP contribution in [-0.4, -0.2) is 53.4 Å². The lowest BCUT2D eigenvalue weighted by molar-refractivity contribution is -0.140. The predicted molar refractivity (Wildman–Crippen MR) is 108 cm³/mol. The molecule has 0 bridgehead atoms. The summed E-state index contributed by atoms with van der Waals surface area (Å²) in [4.78, 5) is 31.6. The third-order valence-electron chi connectivity index (χ3n) is 3.88. The first kappa shape index (κ1) is 19.1. The second-order valence-corrected chi connectivity index (χ2v) is 7.14. The number of ether oxygens (including phenoxy) is 1. The molecule has 0 saturated heterocycles. The van der Waals surface area contributed by atoms with E-state index in [4.69, 9.17) is 4.74 Å². The van der Waals surface area contributed by atoms with E-state index < -0.39 is 0 Å². The Bertz CT molecular complexity index is 987. The molecule has 0 saturated carbocycles. The van der Waals surface area contributed by atoms with Gasteiger partial charge in [0.1, 0.15) is 6.61 Å². The molecule has 0 radical (unpaired) electrons. The Balaban J connectivity index is 1.89. The number of hydrogen-bond donors (Lipinski definition) is 0. The fourth-order valence-electron chi connectivity index (χ4n) is 2.52. The predicted octanol–water partition coefficient (Wildman–Crippen LogP) is 2.58. The number of para-hydroxylation sites is 2. The van der Waals surface area contributed by atoms with Crippen molar-refractivity contribution in [1.82, 2.24) is 14.5 Å². The summed E-state index contributed by atoms with van der Waals surface area (Å²) >= 11 is 1.20. The van der Waals surface area contributed by atoms with E-state index in [1.807, 2.05) is 61.5 Å². The molecule has 2 aromatic carbocycles. The van der Waals surface area contributed by atoms with Crippen LogP contribution in [0.15, 0.2) is 64.5 Å². The quantitative estimate of drug-likeness (QED) is 0.355. The number of thioether (sulfide) groups is 1. The zero-order chi connectivity index (χ0) is 19.2. The lowest BCUT2D eigenvalue weighted by Gasteiger charge is -2.13. The molecule has 0 N–H and O–H groups in total. The normalized spacial score (nSPS) is 11.1. The highest BCUT2D eigenvalue weighted by Gasteiger charge is 2.15. The largest absolute Gasteiger partial charge is 0.464 e. The van der Waals surface area contributed by atoms with Crippen molar-refractivity contribution in [3.8, 4) is 5.69 Å². The summed E-state index contributed by atoms with van der Waals surface area (Å²) in [6.45, 7) is 1.00. The summed E-state index contributed by atoms with van der Waals surface area (Å²) < 4.78 is 6.76. The molecule has 0 aliphatic carbocycles. The van der Waals surface area contributed by atoms with Crippen molar-refractivity contribution in [3.63, 3.8) is 0 Å². The molecule has 1 heterocycles. The van der Waals surface area contributed by atoms with Gasteiger partial charge in [-0.3, -0.25) is 14.2 Å². The van der Waals surface area contributed by atoms with Gasteiger partial charge in [-0.2, -0.15) is 0 Å². The summed E-state index contributed by atoms with van der Waals surface area (Å²) in [5.74, 6) is -0.241. The number of carbonyl (C=O) groups excluding carboxylic acids is 1. The third-order valence-corrected chi connectivity index (χ3v) is 4.79. The van der Waals surface area contributed by atoms with Crippen LogP contribution >= 0.6 is 11.8 Å². The maximum absolute atomic E-state index is 13.0. The SMILES string of the molecule is CN(C)CCOC(=O)CSc1nc2ccccc2c(=O)n1-c1ccccc1. The Kier molecular flexibility index (Phi) is 6.26. The van der Waals surface area contributed by atoms with E-state index in [-0.39, 0.29) is 17.3 Å². The van der Waals surface area contributed by atoms with E-state index >= 15 is 0 Å². The molecule has 0 fully saturated rings. The minimum Gasteiger partial charge on any atom is -0.464 e. The van der Waals surface area contributed by atoms with Crippen LogP contribution in [0.3, 0.4) is 0 Å². The van der Waals surface area contributed by atoms with Crippen molar-refractivity contribution >= 4 is 28.6 Å². The van der Waals surface area contributed by atoms with Crippen LogP contribution in [0, 0.1) is 0 Å². The number of nitrogens with zero attached hydrogens (tertiary/aromatic N) is 3. The standard InChI is InChI=1S/C20H21N3O3S/c1-22(2)12-13-26-18(24)14-27-20-21-17-11-7-6-10-16(17)19(25)23(20)15-8-4-3-5-9-15/h3-11H,12-14H2,1-2H3. The molecule has 0 aliphatic heterocycles. The van der Waals surface area contributed by atoms with Crippen LogP contribution in [0.25, 0.3) is 16.6 Å². The van der Waals surface area contributed by atoms with Crippen LogP contribution in [0.2, 0.25) is 0 Å². The number of fused-ring (bicyclic) bond motifs is 1. The molecule has 27 heavy (non-hydrogen) atoms. The number of carbonyl (C=O) groups is 1. The smallest absolute Gasteiger partial charge is 0.316 e. The van der Waals surface area contributed by atoms with E-state index in [1.54, 1.807) is 16.7 Å². The van der Waals surface area contributed by atoms with Gasteiger partial charge in [0.15, 0.2) is 5.16 Å². The molecule has 0 unspecified atom stereocenters. The summed E-state index contributed by atoms with van der Waals surface area (Å²) in [7, 11) is 3.83. The Morgan fingerprint density at radius 1 is 1.11 bits per heavy atom. The van der Waals surface area contributed by atoms with Crippen LogP contribution in [0.5, 0.6) is 0 Å². The first-order valence-electron chi connectivity index (χ1n) is 8.56. The number of aromatic nitrogens is 2. The van der Waals surface area contributed by atoms with Crippen molar-refractivity contribution in [2.75, 3.05) is 33.0 Å². The Morgan fingerprint density at radius 3 is 2.56 bits per heavy atom. The van der Waals surface area contributed by atoms with Crippen molar-refractivity contribution in [2.45, 2.75) is 5.16 Å². The van der Waals surface area contributed by atoms with Gasteiger partial charge in [0, 0.05) is 6.54 Å². The molecule has 3 aromatic rings. The van der Waals surface area contributed by atoms with Gasteiger partial charge in [0.2, 0.25) is 0 Å². The van der Waals surface area contributed by atoms with Crippen molar-refractivity contribution in [2.24, 2.45) is 0 Å². The van der Waals surface area contributed by atoms with Gasteiger partial charge in [-0.05, 0) is 38.4 Å². The summed E-state index contributed by atoms with van der Waals surface area (Å²) in [5.41, 5.74) is 1.16. The lowest BCUT2D eigenvalue weighted by atomic mass is 10.2. The van der Waals surface area contributed by atoms with E-state index in [0.717, 1.165) is 0 Å². The van der Waals surface area contributed by atoms with Crippen LogP contribution in [0.4, 0.5) is 0 Å². The van der Waals surface area contributed by atoms with Gasteiger partial charge in [-0.1, -0.05) is 42.1 Å². The van der Waals surface area contributed by atoms with E-state index in [0.29, 0.717) is 34.9 Å². The molecule has 0 aliphatic rings. The van der Waals surface area contributed by atoms with Crippen molar-refractivity contribution in [1.29, 1.82) is 0 Å². The van der Waals surface area contributed by atoms with Crippen molar-refractivity contribution < 1.29 is 9.53 Å². The first-order chi connectivity index (χ1) is 13.1. The lowest BCUT2D eigenvalue weighted by Crippen LogP contribution is -2.23. The Labute approximate surface area is 161 Å². The number of benzene rings is 2. The first-order valence-corrected chi connectivity index (χ1v) is 9.55. The molecule has 1 aromatic heterocycles. The molecule has 3 rings (SSSR count). The zero-order valence-corrected chi connectivity index (χ0v) is 16.1. The van der Waals surface area contributed by atoms with Gasteiger partial charge in [-0.15, -0.1) is 0 Å². The van der Waals surface area contributed by atoms with Crippen molar-refractivity contribution in [3.05, 3.63) is 65.0 Å². The van der Waals surface area contributed by atoms with Gasteiger partial charge in [0.25, 0.3) is 5.56 Å². The molecule has 0 amide bonds. The summed E-state index contributed by atoms with van der Waals surface area (Å²) in [6.07, 6.45) is 0. The Hall–Kier alpha value is -2.64. The second-order valence-electron chi connectivity index (χ2n) is 6.20. The number of hydrogen-bond acceptors (Lipinski definition) is 6. The molecular formula is C20H21N3O3S. The van der Waals surface area contributed by atoms with Crippen LogP contribution in [-0.2, 0) is 9.53 Å². The number of likely N-dealkylation sites (N-methyl/N-ethyl adjacent to an activating group) is 1. The molecule has 140 valence electrons. The monoisotopic (exact) mass is 383 g/mol. The highest BCUT2D eigenvalue weighted by atomic mass is 32.2. The van der Waals surface area contributed by atoms with Crippen LogP contribution in [0.1, 0.15) is 0 Å². The zero-order valence-electron chi connectivity index (χ0n) is 15.3. The fourth-order valence-corrected chi connectivity index (χ4v) is 3.33. The Morgan fingerprint density at radius 2 is 1.81 bits per heavy atom. The maximum Gasteiger partial charge on any atom is 0.316 e. The number of rotatable bonds is 7. The van der Waals surface area contributed by atoms with E-state index in [9.17, 15) is 9.59 Å². The van der Waals surface area contributed by atoms with Crippen LogP contribution < -0.4 is 5.56 Å². The maximum atomic E-state index is 13.0. The highest BCUT2D eigenvalue weighted by Crippen LogP contribution is 2.21. The molecule has 0 spiro atoms. The molecule has 7 heteroatoms. The fraction of sp³-hybridized carbons (Fsp3) is 0.250. The summed E-state index contributed by atoms with van der Waals surface area (Å²) in [6, 6.07) is 16.5. The molecular weight excluding hydrogens is 362 g/mol. The van der Waals surface area contributed by atoms with Gasteiger partial charge >= 0.3 is 5.97 Å². The molecule has 0 atom stereocenters. The van der Waals surface area contributed by atoms with E-state index in [2.05, 4.69) is 4.98 Å². The summed E-state index contributed by atoms with van der Waals surface area (Å²) in [5, 5.41) is 1.01. The van der Waals surface area contributed by atoms with Gasteiger partial charge in [0.05, 0.1) is 22.3 Å². The second kappa shape index (κ2) is 8.83. The highest BCUT2D eigenvalue weighted by molar-refractivity contribution is 7.99. The average Bonchev–Trinajstić information content (AvgIpc) is 2.67. The minimum atomic E-state index is -0.330.